The maximum atomic E-state index is 12.5. The minimum Gasteiger partial charge on any atom is -0.314 e. The molecule has 0 unspecified atom stereocenters. The average molecular weight is 406 g/mol. The van der Waals surface area contributed by atoms with Gasteiger partial charge in [-0.2, -0.15) is 4.98 Å². The van der Waals surface area contributed by atoms with E-state index in [-0.39, 0.29) is 0 Å². The molecule has 0 amide bonds. The van der Waals surface area contributed by atoms with Crippen LogP contribution in [0.4, 0.5) is 0 Å². The molecule has 1 aliphatic heterocycles. The number of imidazole rings is 2. The Morgan fingerprint density at radius 2 is 1.83 bits per heavy atom. The van der Waals surface area contributed by atoms with Crippen LogP contribution >= 0.6 is 0 Å². The van der Waals surface area contributed by atoms with Gasteiger partial charge < -0.3 is 4.57 Å². The molecule has 1 aromatic carbocycles. The van der Waals surface area contributed by atoms with Crippen molar-refractivity contribution < 1.29 is 0 Å². The Bertz CT molecular complexity index is 1390. The first-order valence-corrected chi connectivity index (χ1v) is 10.4. The van der Waals surface area contributed by atoms with Crippen LogP contribution in [0.2, 0.25) is 0 Å². The van der Waals surface area contributed by atoms with Gasteiger partial charge in [0, 0.05) is 44.6 Å². The van der Waals surface area contributed by atoms with Crippen LogP contribution in [0.1, 0.15) is 28.9 Å². The number of benzene rings is 1. The van der Waals surface area contributed by atoms with Crippen LogP contribution in [0.5, 0.6) is 0 Å². The Kier molecular flexibility index (Phi) is 4.39. The summed E-state index contributed by atoms with van der Waals surface area (Å²) >= 11 is 0. The molecule has 0 atom stereocenters. The molecule has 3 aromatic heterocycles. The van der Waals surface area contributed by atoms with Crippen molar-refractivity contribution in [1.82, 2.24) is 28.4 Å². The van der Waals surface area contributed by atoms with Gasteiger partial charge in [-0.15, -0.1) is 0 Å². The second-order valence-electron chi connectivity index (χ2n) is 8.21. The second kappa shape index (κ2) is 6.98. The van der Waals surface area contributed by atoms with Crippen molar-refractivity contribution in [2.75, 3.05) is 13.1 Å². The van der Waals surface area contributed by atoms with Gasteiger partial charge in [-0.05, 0) is 37.8 Å². The number of H-pyrrole nitrogens is 1. The minimum atomic E-state index is -0.445. The number of nitrogens with zero attached hydrogens (tertiary/aromatic N) is 5. The van der Waals surface area contributed by atoms with E-state index in [4.69, 9.17) is 0 Å². The van der Waals surface area contributed by atoms with Crippen LogP contribution in [-0.4, -0.2) is 41.5 Å². The molecule has 0 bridgehead atoms. The predicted octanol–water partition coefficient (Wildman–Crippen LogP) is 1.74. The van der Waals surface area contributed by atoms with Crippen LogP contribution in [0.15, 0.2) is 33.9 Å². The zero-order chi connectivity index (χ0) is 21.0. The number of hydrogen-bond donors (Lipinski definition) is 1. The number of fused-ring (bicyclic) bond motifs is 4. The van der Waals surface area contributed by atoms with E-state index in [9.17, 15) is 9.59 Å². The average Bonchev–Trinajstić information content (AvgIpc) is 3.24. The standard InChI is InChI=1S/C22H26N6O2/c1-14-15(2)28-18-19(25(3)22(30)24-20(18)29)23-21(28)27(14)11-6-10-26-12-9-16-7-4-5-8-17(16)13-26/h4-5,7-8H,6,9-13H2,1-3H3,(H,24,29,30). The predicted molar refractivity (Wildman–Crippen MR) is 116 cm³/mol. The number of aromatic nitrogens is 5. The highest BCUT2D eigenvalue weighted by molar-refractivity contribution is 5.76. The first-order valence-electron chi connectivity index (χ1n) is 10.4. The summed E-state index contributed by atoms with van der Waals surface area (Å²) in [6, 6.07) is 8.69. The fraction of sp³-hybridized carbons (Fsp3) is 0.409. The van der Waals surface area contributed by atoms with Gasteiger partial charge in [0.25, 0.3) is 5.56 Å². The molecule has 4 aromatic rings. The SMILES string of the molecule is Cc1c(C)n2c3c(=O)[nH]c(=O)n(C)c3nc2n1CCCN1CCc2ccccc2C1. The van der Waals surface area contributed by atoms with Crippen molar-refractivity contribution in [3.8, 4) is 0 Å². The molecule has 1 aliphatic rings. The fourth-order valence-electron chi connectivity index (χ4n) is 4.64. The van der Waals surface area contributed by atoms with Gasteiger partial charge in [-0.3, -0.25) is 23.6 Å². The summed E-state index contributed by atoms with van der Waals surface area (Å²) in [6.07, 6.45) is 2.09. The highest BCUT2D eigenvalue weighted by Gasteiger charge is 2.21. The van der Waals surface area contributed by atoms with E-state index in [0.717, 1.165) is 56.2 Å². The first-order chi connectivity index (χ1) is 14.5. The molecule has 8 heteroatoms. The van der Waals surface area contributed by atoms with Gasteiger partial charge >= 0.3 is 5.69 Å². The van der Waals surface area contributed by atoms with Crippen molar-refractivity contribution in [2.45, 2.75) is 39.8 Å². The normalized spacial score (nSPS) is 14.6. The van der Waals surface area contributed by atoms with Crippen LogP contribution in [0, 0.1) is 13.8 Å². The van der Waals surface area contributed by atoms with Crippen LogP contribution in [0.3, 0.4) is 0 Å². The Morgan fingerprint density at radius 3 is 2.63 bits per heavy atom. The molecule has 0 radical (unpaired) electrons. The lowest BCUT2D eigenvalue weighted by molar-refractivity contribution is 0.246. The molecule has 0 saturated heterocycles. The van der Waals surface area contributed by atoms with Crippen LogP contribution in [0.25, 0.3) is 16.9 Å². The summed E-state index contributed by atoms with van der Waals surface area (Å²) in [7, 11) is 1.63. The zero-order valence-electron chi connectivity index (χ0n) is 17.6. The quantitative estimate of drug-likeness (QED) is 0.560. The number of aromatic amines is 1. The molecule has 30 heavy (non-hydrogen) atoms. The van der Waals surface area contributed by atoms with Crippen molar-refractivity contribution >= 4 is 16.9 Å². The molecule has 4 heterocycles. The van der Waals surface area contributed by atoms with Gasteiger partial charge in [0.2, 0.25) is 5.78 Å². The molecule has 1 N–H and O–H groups in total. The number of rotatable bonds is 4. The molecule has 0 spiro atoms. The summed E-state index contributed by atoms with van der Waals surface area (Å²) < 4.78 is 5.44. The van der Waals surface area contributed by atoms with Crippen LogP contribution < -0.4 is 11.2 Å². The van der Waals surface area contributed by atoms with Gasteiger partial charge in [0.15, 0.2) is 11.2 Å². The summed E-state index contributed by atoms with van der Waals surface area (Å²) in [4.78, 5) is 34.0. The maximum absolute atomic E-state index is 12.5. The van der Waals surface area contributed by atoms with Gasteiger partial charge in [-0.1, -0.05) is 24.3 Å². The topological polar surface area (TPSA) is 80.3 Å². The van der Waals surface area contributed by atoms with Crippen molar-refractivity contribution in [3.05, 3.63) is 67.6 Å². The smallest absolute Gasteiger partial charge is 0.314 e. The Balaban J connectivity index is 1.43. The van der Waals surface area contributed by atoms with E-state index < -0.39 is 11.2 Å². The fourth-order valence-corrected chi connectivity index (χ4v) is 4.64. The number of nitrogens with one attached hydrogen (secondary N) is 1. The van der Waals surface area contributed by atoms with Gasteiger partial charge in [0.05, 0.1) is 0 Å². The van der Waals surface area contributed by atoms with E-state index in [0.29, 0.717) is 11.2 Å². The van der Waals surface area contributed by atoms with Gasteiger partial charge in [0.1, 0.15) is 0 Å². The lowest BCUT2D eigenvalue weighted by atomic mass is 10.00. The third-order valence-corrected chi connectivity index (χ3v) is 6.47. The molecule has 8 nitrogen and oxygen atoms in total. The summed E-state index contributed by atoms with van der Waals surface area (Å²) in [5.74, 6) is 0.718. The zero-order valence-corrected chi connectivity index (χ0v) is 17.6. The van der Waals surface area contributed by atoms with E-state index in [1.807, 2.05) is 11.3 Å². The Hall–Kier alpha value is -3.13. The molecule has 156 valence electrons. The Morgan fingerprint density at radius 1 is 1.07 bits per heavy atom. The Labute approximate surface area is 173 Å². The summed E-state index contributed by atoms with van der Waals surface area (Å²) in [6.45, 7) is 7.96. The lowest BCUT2D eigenvalue weighted by Gasteiger charge is -2.28. The van der Waals surface area contributed by atoms with Crippen molar-refractivity contribution in [1.29, 1.82) is 0 Å². The molecule has 0 aliphatic carbocycles. The number of hydrogen-bond acceptors (Lipinski definition) is 4. The summed E-state index contributed by atoms with van der Waals surface area (Å²) in [5.41, 5.74) is 4.97. The molecular weight excluding hydrogens is 380 g/mol. The minimum absolute atomic E-state index is 0.396. The van der Waals surface area contributed by atoms with Crippen molar-refractivity contribution in [3.63, 3.8) is 0 Å². The van der Waals surface area contributed by atoms with E-state index in [1.54, 1.807) is 7.05 Å². The molecule has 0 saturated carbocycles. The van der Waals surface area contributed by atoms with E-state index in [2.05, 4.69) is 50.6 Å². The molecule has 0 fully saturated rings. The third kappa shape index (κ3) is 2.82. The largest absolute Gasteiger partial charge is 0.329 e. The third-order valence-electron chi connectivity index (χ3n) is 6.47. The van der Waals surface area contributed by atoms with Crippen molar-refractivity contribution in [2.24, 2.45) is 7.05 Å². The monoisotopic (exact) mass is 406 g/mol. The molecular formula is C22H26N6O2. The van der Waals surface area contributed by atoms with Crippen LogP contribution in [-0.2, 0) is 26.6 Å². The highest BCUT2D eigenvalue weighted by Crippen LogP contribution is 2.22. The second-order valence-corrected chi connectivity index (χ2v) is 8.21. The van der Waals surface area contributed by atoms with E-state index >= 15 is 0 Å². The van der Waals surface area contributed by atoms with Gasteiger partial charge in [-0.25, -0.2) is 4.79 Å². The first kappa shape index (κ1) is 18.9. The van der Waals surface area contributed by atoms with E-state index in [1.165, 1.54) is 15.7 Å². The summed E-state index contributed by atoms with van der Waals surface area (Å²) in [5, 5.41) is 0. The highest BCUT2D eigenvalue weighted by atomic mass is 16.2. The number of aryl methyl sites for hydroxylation is 3. The lowest BCUT2D eigenvalue weighted by Crippen LogP contribution is -2.31. The molecule has 5 rings (SSSR count). The maximum Gasteiger partial charge on any atom is 0.329 e.